The van der Waals surface area contributed by atoms with Gasteiger partial charge in [-0.3, -0.25) is 0 Å². The highest BCUT2D eigenvalue weighted by molar-refractivity contribution is 5.07. The molecule has 1 aliphatic carbocycles. The van der Waals surface area contributed by atoms with Crippen molar-refractivity contribution in [2.24, 2.45) is 5.41 Å². The predicted molar refractivity (Wildman–Crippen MR) is 82.0 cm³/mol. The Labute approximate surface area is 127 Å². The van der Waals surface area contributed by atoms with Crippen LogP contribution < -0.4 is 5.32 Å². The fourth-order valence-corrected chi connectivity index (χ4v) is 3.51. The molecule has 5 nitrogen and oxygen atoms in total. The Morgan fingerprint density at radius 3 is 3.10 bits per heavy atom. The van der Waals surface area contributed by atoms with Gasteiger partial charge in [-0.25, -0.2) is 9.67 Å². The third-order valence-corrected chi connectivity index (χ3v) is 5.22. The lowest BCUT2D eigenvalue weighted by Gasteiger charge is -2.53. The molecule has 21 heavy (non-hydrogen) atoms. The quantitative estimate of drug-likeness (QED) is 0.819. The maximum atomic E-state index is 6.03. The molecule has 5 heteroatoms. The molecule has 2 heterocycles. The van der Waals surface area contributed by atoms with Crippen molar-refractivity contribution >= 4 is 0 Å². The first-order chi connectivity index (χ1) is 10.1. The summed E-state index contributed by atoms with van der Waals surface area (Å²) in [6, 6.07) is 0.861. The highest BCUT2D eigenvalue weighted by Gasteiger charge is 2.49. The van der Waals surface area contributed by atoms with Gasteiger partial charge in [-0.05, 0) is 25.7 Å². The standard InChI is InChI=1S/C16H28N4O/c1-4-5-9-21-14-10-13(16(14,2)3)19-12-7-6-8-20-15(12)17-11-18-20/h11-14,19H,4-10H2,1-3H3/t12-,13-,14+/m0/s1. The molecular weight excluding hydrogens is 264 g/mol. The minimum atomic E-state index is 0.204. The third kappa shape index (κ3) is 2.86. The molecule has 2 aliphatic rings. The molecule has 0 radical (unpaired) electrons. The summed E-state index contributed by atoms with van der Waals surface area (Å²) in [4.78, 5) is 4.44. The Hall–Kier alpha value is -0.940. The highest BCUT2D eigenvalue weighted by Crippen LogP contribution is 2.44. The molecule has 0 bridgehead atoms. The van der Waals surface area contributed by atoms with Gasteiger partial charge in [0.2, 0.25) is 0 Å². The molecule has 1 aromatic heterocycles. The summed E-state index contributed by atoms with van der Waals surface area (Å²) in [7, 11) is 0. The summed E-state index contributed by atoms with van der Waals surface area (Å²) in [5.41, 5.74) is 0.204. The molecule has 1 N–H and O–H groups in total. The van der Waals surface area contributed by atoms with Crippen molar-refractivity contribution in [3.8, 4) is 0 Å². The molecular formula is C16H28N4O. The normalized spacial score (nSPS) is 30.7. The Morgan fingerprint density at radius 2 is 2.33 bits per heavy atom. The van der Waals surface area contributed by atoms with Crippen molar-refractivity contribution in [2.45, 2.75) is 77.6 Å². The number of unbranched alkanes of at least 4 members (excludes halogenated alkanes) is 1. The van der Waals surface area contributed by atoms with Crippen LogP contribution in [-0.4, -0.2) is 33.5 Å². The van der Waals surface area contributed by atoms with Crippen LogP contribution in [0.15, 0.2) is 6.33 Å². The number of ether oxygens (including phenoxy) is 1. The van der Waals surface area contributed by atoms with E-state index in [1.807, 2.05) is 4.68 Å². The van der Waals surface area contributed by atoms with Gasteiger partial charge in [0.05, 0.1) is 12.1 Å². The van der Waals surface area contributed by atoms with Crippen LogP contribution in [0, 0.1) is 5.41 Å². The van der Waals surface area contributed by atoms with Gasteiger partial charge in [0, 0.05) is 24.6 Å². The van der Waals surface area contributed by atoms with Crippen molar-refractivity contribution < 1.29 is 4.74 Å². The van der Waals surface area contributed by atoms with Gasteiger partial charge in [0.1, 0.15) is 12.2 Å². The van der Waals surface area contributed by atoms with Crippen LogP contribution in [0.4, 0.5) is 0 Å². The van der Waals surface area contributed by atoms with E-state index in [9.17, 15) is 0 Å². The topological polar surface area (TPSA) is 52.0 Å². The lowest BCUT2D eigenvalue weighted by molar-refractivity contribution is -0.121. The van der Waals surface area contributed by atoms with Crippen LogP contribution in [0.25, 0.3) is 0 Å². The zero-order chi connectivity index (χ0) is 14.9. The first-order valence-corrected chi connectivity index (χ1v) is 8.38. The zero-order valence-corrected chi connectivity index (χ0v) is 13.5. The second kappa shape index (κ2) is 6.05. The monoisotopic (exact) mass is 292 g/mol. The molecule has 0 unspecified atom stereocenters. The van der Waals surface area contributed by atoms with Crippen LogP contribution in [0.2, 0.25) is 0 Å². The molecule has 0 saturated heterocycles. The first-order valence-electron chi connectivity index (χ1n) is 8.38. The summed E-state index contributed by atoms with van der Waals surface area (Å²) in [6.45, 7) is 8.74. The van der Waals surface area contributed by atoms with E-state index >= 15 is 0 Å². The fourth-order valence-electron chi connectivity index (χ4n) is 3.51. The number of hydrogen-bond acceptors (Lipinski definition) is 4. The second-order valence-electron chi connectivity index (χ2n) is 7.03. The van der Waals surface area contributed by atoms with Crippen molar-refractivity contribution in [2.75, 3.05) is 6.61 Å². The number of nitrogens with zero attached hydrogens (tertiary/aromatic N) is 3. The van der Waals surface area contributed by atoms with E-state index in [1.165, 1.54) is 12.8 Å². The summed E-state index contributed by atoms with van der Waals surface area (Å²) in [5.74, 6) is 1.10. The number of fused-ring (bicyclic) bond motifs is 1. The molecule has 0 aromatic carbocycles. The summed E-state index contributed by atoms with van der Waals surface area (Å²) >= 11 is 0. The van der Waals surface area contributed by atoms with E-state index in [1.54, 1.807) is 6.33 Å². The van der Waals surface area contributed by atoms with Crippen molar-refractivity contribution in [1.29, 1.82) is 0 Å². The van der Waals surface area contributed by atoms with Gasteiger partial charge in [0.15, 0.2) is 0 Å². The van der Waals surface area contributed by atoms with Crippen LogP contribution in [-0.2, 0) is 11.3 Å². The van der Waals surface area contributed by atoms with E-state index in [2.05, 4.69) is 36.2 Å². The number of nitrogens with one attached hydrogen (secondary N) is 1. The fraction of sp³-hybridized carbons (Fsp3) is 0.875. The van der Waals surface area contributed by atoms with Gasteiger partial charge >= 0.3 is 0 Å². The van der Waals surface area contributed by atoms with Crippen molar-refractivity contribution in [3.05, 3.63) is 12.2 Å². The predicted octanol–water partition coefficient (Wildman–Crippen LogP) is 2.69. The average Bonchev–Trinajstić information content (AvgIpc) is 2.94. The van der Waals surface area contributed by atoms with Gasteiger partial charge in [-0.2, -0.15) is 5.10 Å². The number of aromatic nitrogens is 3. The van der Waals surface area contributed by atoms with Crippen molar-refractivity contribution in [3.63, 3.8) is 0 Å². The SMILES string of the molecule is CCCCO[C@@H]1C[C@H](N[C@H]2CCCn3ncnc32)C1(C)C. The molecule has 3 rings (SSSR count). The summed E-state index contributed by atoms with van der Waals surface area (Å²) in [6.07, 6.45) is 7.88. The number of aryl methyl sites for hydroxylation is 1. The minimum Gasteiger partial charge on any atom is -0.378 e. The Morgan fingerprint density at radius 1 is 1.48 bits per heavy atom. The highest BCUT2D eigenvalue weighted by atomic mass is 16.5. The minimum absolute atomic E-state index is 0.204. The molecule has 3 atom stereocenters. The Kier molecular flexibility index (Phi) is 4.31. The van der Waals surface area contributed by atoms with E-state index in [0.29, 0.717) is 18.2 Å². The zero-order valence-electron chi connectivity index (χ0n) is 13.5. The van der Waals surface area contributed by atoms with E-state index < -0.39 is 0 Å². The van der Waals surface area contributed by atoms with Gasteiger partial charge in [-0.15, -0.1) is 0 Å². The molecule has 1 aromatic rings. The van der Waals surface area contributed by atoms with Crippen LogP contribution in [0.5, 0.6) is 0 Å². The maximum absolute atomic E-state index is 6.03. The summed E-state index contributed by atoms with van der Waals surface area (Å²) < 4.78 is 8.08. The van der Waals surface area contributed by atoms with Gasteiger partial charge in [0.25, 0.3) is 0 Å². The van der Waals surface area contributed by atoms with Gasteiger partial charge in [-0.1, -0.05) is 27.2 Å². The number of hydrogen-bond donors (Lipinski definition) is 1. The van der Waals surface area contributed by atoms with Crippen LogP contribution >= 0.6 is 0 Å². The first kappa shape index (κ1) is 15.0. The number of rotatable bonds is 6. The Bertz CT molecular complexity index is 471. The average molecular weight is 292 g/mol. The summed E-state index contributed by atoms with van der Waals surface area (Å²) in [5, 5.41) is 8.11. The smallest absolute Gasteiger partial charge is 0.143 e. The van der Waals surface area contributed by atoms with Crippen LogP contribution in [0.3, 0.4) is 0 Å². The maximum Gasteiger partial charge on any atom is 0.143 e. The molecule has 118 valence electrons. The Balaban J connectivity index is 1.56. The lowest BCUT2D eigenvalue weighted by atomic mass is 9.64. The molecule has 0 spiro atoms. The van der Waals surface area contributed by atoms with E-state index in [0.717, 1.165) is 38.2 Å². The van der Waals surface area contributed by atoms with E-state index in [-0.39, 0.29) is 5.41 Å². The van der Waals surface area contributed by atoms with E-state index in [4.69, 9.17) is 4.74 Å². The van der Waals surface area contributed by atoms with Crippen LogP contribution in [0.1, 0.15) is 64.7 Å². The second-order valence-corrected chi connectivity index (χ2v) is 7.03. The van der Waals surface area contributed by atoms with Gasteiger partial charge < -0.3 is 10.1 Å². The van der Waals surface area contributed by atoms with Crippen molar-refractivity contribution in [1.82, 2.24) is 20.1 Å². The molecule has 0 amide bonds. The molecule has 1 fully saturated rings. The molecule has 1 saturated carbocycles. The lowest BCUT2D eigenvalue weighted by Crippen LogP contribution is -2.61. The molecule has 1 aliphatic heterocycles. The largest absolute Gasteiger partial charge is 0.378 e. The third-order valence-electron chi connectivity index (χ3n) is 5.22.